The van der Waals surface area contributed by atoms with Crippen molar-refractivity contribution in [2.24, 2.45) is 5.10 Å². The summed E-state index contributed by atoms with van der Waals surface area (Å²) in [6.45, 7) is 5.12. The number of carbonyl (C=O) groups is 3. The second-order valence-corrected chi connectivity index (χ2v) is 10.2. The Morgan fingerprint density at radius 3 is 2.54 bits per heavy atom. The third-order valence-electron chi connectivity index (χ3n) is 7.97. The summed E-state index contributed by atoms with van der Waals surface area (Å²) in [6, 6.07) is 14.0. The highest BCUT2D eigenvalue weighted by Crippen LogP contribution is 2.48. The zero-order valence-corrected chi connectivity index (χ0v) is 22.3. The first-order valence-corrected chi connectivity index (χ1v) is 13.3. The first-order valence-electron chi connectivity index (χ1n) is 13.3. The first-order chi connectivity index (χ1) is 18.8. The molecule has 0 bridgehead atoms. The van der Waals surface area contributed by atoms with Crippen LogP contribution in [0.2, 0.25) is 0 Å². The minimum Gasteiger partial charge on any atom is -0.489 e. The van der Waals surface area contributed by atoms with E-state index in [9.17, 15) is 18.8 Å². The highest BCUT2D eigenvalue weighted by atomic mass is 19.1. The Morgan fingerprint density at radius 2 is 1.85 bits per heavy atom. The molecule has 2 aromatic carbocycles. The molecule has 3 aliphatic rings. The maximum atomic E-state index is 14.2. The van der Waals surface area contributed by atoms with Crippen LogP contribution in [0, 0.1) is 5.82 Å². The van der Waals surface area contributed by atoms with Crippen LogP contribution in [-0.4, -0.2) is 85.7 Å². The average molecular weight is 537 g/mol. The summed E-state index contributed by atoms with van der Waals surface area (Å²) in [5, 5.41) is 6.58. The number of fused-ring (bicyclic) bond motifs is 3. The molecule has 0 radical (unpaired) electrons. The van der Waals surface area contributed by atoms with Crippen LogP contribution in [0.15, 0.2) is 53.6 Å². The standard InChI is InChI=1S/C29H33FN4O5/c1-20(35)28-29(21-7-4-3-5-8-21,25-19-39-24-10-9-22(30)17-23(24)34(25)31-28)11-6-12-32-13-15-33(16-14-32)26(36)18-27(37)38-2/h3-5,7-10,17,25H,6,11-16,18-19H2,1-2H3/t25?,29-/m0/s1. The second-order valence-electron chi connectivity index (χ2n) is 10.2. The zero-order chi connectivity index (χ0) is 27.6. The smallest absolute Gasteiger partial charge is 0.315 e. The number of benzene rings is 2. The average Bonchev–Trinajstić information content (AvgIpc) is 3.30. The number of piperazine rings is 1. The fourth-order valence-corrected chi connectivity index (χ4v) is 6.02. The van der Waals surface area contributed by atoms with Gasteiger partial charge in [-0.1, -0.05) is 30.3 Å². The molecule has 1 fully saturated rings. The summed E-state index contributed by atoms with van der Waals surface area (Å²) in [5.74, 6) is -0.711. The van der Waals surface area contributed by atoms with Gasteiger partial charge in [0.1, 0.15) is 42.0 Å². The molecule has 3 heterocycles. The number of rotatable bonds is 8. The minimum absolute atomic E-state index is 0.121. The SMILES string of the molecule is COC(=O)CC(=O)N1CCN(CCC[C@@]2(c3ccccc3)C(C(C)=O)=NN3c4cc(F)ccc4OCC32)CC1. The number of esters is 1. The van der Waals surface area contributed by atoms with Crippen molar-refractivity contribution in [3.8, 4) is 5.75 Å². The van der Waals surface area contributed by atoms with Gasteiger partial charge in [-0.05, 0) is 37.1 Å². The van der Waals surface area contributed by atoms with Crippen molar-refractivity contribution in [2.45, 2.75) is 37.6 Å². The number of Topliss-reactive ketones (excluding diaryl/α,β-unsaturated/α-hetero) is 1. The summed E-state index contributed by atoms with van der Waals surface area (Å²) >= 11 is 0. The van der Waals surface area contributed by atoms with Crippen molar-refractivity contribution in [3.63, 3.8) is 0 Å². The number of hydrogen-bond donors (Lipinski definition) is 0. The molecule has 2 atom stereocenters. The van der Waals surface area contributed by atoms with E-state index in [0.717, 1.165) is 18.5 Å². The van der Waals surface area contributed by atoms with E-state index in [0.29, 0.717) is 56.4 Å². The summed E-state index contributed by atoms with van der Waals surface area (Å²) in [7, 11) is 1.28. The van der Waals surface area contributed by atoms with Crippen molar-refractivity contribution in [1.29, 1.82) is 0 Å². The van der Waals surface area contributed by atoms with Crippen molar-refractivity contribution < 1.29 is 28.2 Å². The number of methoxy groups -OCH3 is 1. The van der Waals surface area contributed by atoms with Gasteiger partial charge < -0.3 is 14.4 Å². The van der Waals surface area contributed by atoms with Crippen LogP contribution < -0.4 is 9.75 Å². The van der Waals surface area contributed by atoms with Crippen LogP contribution >= 0.6 is 0 Å². The lowest BCUT2D eigenvalue weighted by atomic mass is 9.67. The Labute approximate surface area is 227 Å². The molecule has 1 amide bonds. The quantitative estimate of drug-likeness (QED) is 0.379. The van der Waals surface area contributed by atoms with Gasteiger partial charge in [0.05, 0.1) is 12.5 Å². The molecular weight excluding hydrogens is 503 g/mol. The first kappa shape index (κ1) is 26.8. The molecular formula is C29H33FN4O5. The summed E-state index contributed by atoms with van der Waals surface area (Å²) in [4.78, 5) is 40.8. The van der Waals surface area contributed by atoms with E-state index in [4.69, 9.17) is 9.84 Å². The fourth-order valence-electron chi connectivity index (χ4n) is 6.02. The Morgan fingerprint density at radius 1 is 1.10 bits per heavy atom. The number of halogens is 1. The normalized spacial score (nSPS) is 22.4. The number of ether oxygens (including phenoxy) is 2. The van der Waals surface area contributed by atoms with Crippen molar-refractivity contribution in [1.82, 2.24) is 9.80 Å². The van der Waals surface area contributed by atoms with Crippen LogP contribution in [0.25, 0.3) is 0 Å². The van der Waals surface area contributed by atoms with E-state index in [1.54, 1.807) is 16.0 Å². The number of anilines is 1. The fraction of sp³-hybridized carbons (Fsp3) is 0.448. The highest BCUT2D eigenvalue weighted by Gasteiger charge is 2.55. The van der Waals surface area contributed by atoms with E-state index < -0.39 is 11.4 Å². The van der Waals surface area contributed by atoms with E-state index in [2.05, 4.69) is 9.64 Å². The Hall–Kier alpha value is -3.79. The summed E-state index contributed by atoms with van der Waals surface area (Å²) in [6.07, 6.45) is 1.18. The number of hydrogen-bond acceptors (Lipinski definition) is 8. The number of hydrazone groups is 1. The number of ketones is 1. The third kappa shape index (κ3) is 5.13. The molecule has 0 spiro atoms. The lowest BCUT2D eigenvalue weighted by Gasteiger charge is -2.42. The molecule has 206 valence electrons. The largest absolute Gasteiger partial charge is 0.489 e. The minimum atomic E-state index is -0.727. The molecule has 0 saturated carbocycles. The van der Waals surface area contributed by atoms with Gasteiger partial charge in [-0.3, -0.25) is 24.3 Å². The second kappa shape index (κ2) is 11.1. The van der Waals surface area contributed by atoms with E-state index in [1.807, 2.05) is 30.3 Å². The maximum Gasteiger partial charge on any atom is 0.315 e. The van der Waals surface area contributed by atoms with Crippen LogP contribution in [0.4, 0.5) is 10.1 Å². The van der Waals surface area contributed by atoms with Crippen molar-refractivity contribution >= 4 is 29.1 Å². The Kier molecular flexibility index (Phi) is 7.65. The predicted octanol–water partition coefficient (Wildman–Crippen LogP) is 2.78. The van der Waals surface area contributed by atoms with Gasteiger partial charge in [0.2, 0.25) is 5.91 Å². The van der Waals surface area contributed by atoms with E-state index in [1.165, 1.54) is 26.2 Å². The van der Waals surface area contributed by atoms with Gasteiger partial charge in [0, 0.05) is 39.2 Å². The molecule has 1 unspecified atom stereocenters. The highest BCUT2D eigenvalue weighted by molar-refractivity contribution is 6.43. The molecule has 2 aromatic rings. The van der Waals surface area contributed by atoms with Crippen LogP contribution in [0.5, 0.6) is 5.75 Å². The third-order valence-corrected chi connectivity index (χ3v) is 7.97. The molecule has 1 saturated heterocycles. The van der Waals surface area contributed by atoms with Gasteiger partial charge in [0.25, 0.3) is 0 Å². The van der Waals surface area contributed by atoms with Gasteiger partial charge in [-0.25, -0.2) is 4.39 Å². The number of amides is 1. The molecule has 0 aliphatic carbocycles. The van der Waals surface area contributed by atoms with Gasteiger partial charge >= 0.3 is 5.97 Å². The molecule has 39 heavy (non-hydrogen) atoms. The van der Waals surface area contributed by atoms with Crippen LogP contribution in [-0.2, 0) is 24.5 Å². The van der Waals surface area contributed by atoms with Crippen LogP contribution in [0.1, 0.15) is 31.7 Å². The summed E-state index contributed by atoms with van der Waals surface area (Å²) < 4.78 is 24.9. The molecule has 0 aromatic heterocycles. The van der Waals surface area contributed by atoms with Crippen molar-refractivity contribution in [2.75, 3.05) is 51.4 Å². The van der Waals surface area contributed by atoms with Crippen molar-refractivity contribution in [3.05, 3.63) is 59.9 Å². The molecule has 0 N–H and O–H groups in total. The van der Waals surface area contributed by atoms with E-state index >= 15 is 0 Å². The lowest BCUT2D eigenvalue weighted by Crippen LogP contribution is -2.54. The van der Waals surface area contributed by atoms with Gasteiger partial charge in [0.15, 0.2) is 5.78 Å². The molecule has 5 rings (SSSR count). The lowest BCUT2D eigenvalue weighted by molar-refractivity contribution is -0.147. The summed E-state index contributed by atoms with van der Waals surface area (Å²) in [5.41, 5.74) is 1.23. The molecule has 10 heteroatoms. The maximum absolute atomic E-state index is 14.2. The zero-order valence-electron chi connectivity index (χ0n) is 22.3. The number of nitrogens with zero attached hydrogens (tertiary/aromatic N) is 4. The van der Waals surface area contributed by atoms with E-state index in [-0.39, 0.29) is 30.0 Å². The molecule has 9 nitrogen and oxygen atoms in total. The number of carbonyl (C=O) groups excluding carboxylic acids is 3. The van der Waals surface area contributed by atoms with Gasteiger partial charge in [-0.15, -0.1) is 0 Å². The van der Waals surface area contributed by atoms with Gasteiger partial charge in [-0.2, -0.15) is 5.10 Å². The topological polar surface area (TPSA) is 91.8 Å². The molecule has 3 aliphatic heterocycles. The van der Waals surface area contributed by atoms with Crippen LogP contribution in [0.3, 0.4) is 0 Å². The monoisotopic (exact) mass is 536 g/mol. The Bertz CT molecular complexity index is 1280. The predicted molar refractivity (Wildman–Crippen MR) is 143 cm³/mol. The Balaban J connectivity index is 1.34.